The van der Waals surface area contributed by atoms with E-state index in [4.69, 9.17) is 48.3 Å². The first-order valence-corrected chi connectivity index (χ1v) is 8.39. The van der Waals surface area contributed by atoms with Crippen molar-refractivity contribution in [2.75, 3.05) is 20.8 Å². The number of carbonyl (C=O) groups is 1. The molecule has 0 amide bonds. The quantitative estimate of drug-likeness (QED) is 0.381. The van der Waals surface area contributed by atoms with E-state index in [2.05, 4.69) is 0 Å². The number of hydrogen-bond donors (Lipinski definition) is 2. The molecule has 0 radical (unpaired) electrons. The molecule has 0 saturated carbocycles. The van der Waals surface area contributed by atoms with Crippen molar-refractivity contribution in [3.8, 4) is 11.5 Å². The van der Waals surface area contributed by atoms with Crippen molar-refractivity contribution < 1.29 is 29.0 Å². The largest absolute Gasteiger partial charge is 0.477 e. The highest BCUT2D eigenvalue weighted by molar-refractivity contribution is 6.35. The van der Waals surface area contributed by atoms with Gasteiger partial charge in [0.15, 0.2) is 6.29 Å². The van der Waals surface area contributed by atoms with E-state index >= 15 is 0 Å². The monoisotopic (exact) mass is 432 g/mol. The molecular formula is C17H18Cl2N2O7. The summed E-state index contributed by atoms with van der Waals surface area (Å²) in [7, 11) is 3.11. The van der Waals surface area contributed by atoms with Crippen LogP contribution in [-0.4, -0.2) is 43.1 Å². The zero-order valence-electron chi connectivity index (χ0n) is 14.9. The Kier molecular flexibility index (Phi) is 9.63. The van der Waals surface area contributed by atoms with Gasteiger partial charge in [-0.05, 0) is 24.3 Å². The topological polar surface area (TPSA) is 134 Å². The zero-order valence-corrected chi connectivity index (χ0v) is 16.4. The molecule has 0 heterocycles. The second-order valence-electron chi connectivity index (χ2n) is 5.05. The van der Waals surface area contributed by atoms with Crippen molar-refractivity contribution >= 4 is 34.9 Å². The molecule has 0 aliphatic heterocycles. The second kappa shape index (κ2) is 11.4. The maximum absolute atomic E-state index is 11.0. The first-order chi connectivity index (χ1) is 13.2. The lowest BCUT2D eigenvalue weighted by molar-refractivity contribution is -0.385. The summed E-state index contributed by atoms with van der Waals surface area (Å²) in [4.78, 5) is 21.0. The first-order valence-electron chi connectivity index (χ1n) is 7.63. The van der Waals surface area contributed by atoms with E-state index < -0.39 is 22.1 Å². The highest BCUT2D eigenvalue weighted by atomic mass is 35.5. The van der Waals surface area contributed by atoms with Crippen LogP contribution >= 0.6 is 23.2 Å². The van der Waals surface area contributed by atoms with Crippen LogP contribution in [0.3, 0.4) is 0 Å². The fraction of sp³-hybridized carbons (Fsp3) is 0.235. The van der Waals surface area contributed by atoms with Gasteiger partial charge in [-0.15, -0.1) is 0 Å². The van der Waals surface area contributed by atoms with Crippen LogP contribution < -0.4 is 10.5 Å². The molecule has 9 nitrogen and oxygen atoms in total. The number of methoxy groups -OCH3 is 2. The standard InChI is InChI=1S/C13H7Cl2NO5.C4H11NO2/c14-7-1-4-12(10(15)5-7)21-8-2-3-11(16(19)20)9(6-8)13(17)18;1-6-4(3-5)7-2/h1-6H,(H,17,18);4H,3,5H2,1-2H3. The number of halogens is 2. The van der Waals surface area contributed by atoms with Gasteiger partial charge in [0.2, 0.25) is 0 Å². The predicted molar refractivity (Wildman–Crippen MR) is 103 cm³/mol. The average Bonchev–Trinajstić information content (AvgIpc) is 2.65. The van der Waals surface area contributed by atoms with Crippen molar-refractivity contribution in [3.63, 3.8) is 0 Å². The Morgan fingerprint density at radius 1 is 1.21 bits per heavy atom. The van der Waals surface area contributed by atoms with Crippen molar-refractivity contribution in [2.24, 2.45) is 5.73 Å². The van der Waals surface area contributed by atoms with E-state index in [0.717, 1.165) is 12.1 Å². The van der Waals surface area contributed by atoms with Gasteiger partial charge in [0.25, 0.3) is 5.69 Å². The number of carboxylic acids is 1. The Balaban J connectivity index is 0.000000480. The fourth-order valence-electron chi connectivity index (χ4n) is 1.88. The van der Waals surface area contributed by atoms with Crippen LogP contribution in [0.5, 0.6) is 11.5 Å². The number of carboxylic acid groups (broad SMARTS) is 1. The third kappa shape index (κ3) is 6.95. The number of nitrogens with zero attached hydrogens (tertiary/aromatic N) is 1. The van der Waals surface area contributed by atoms with E-state index in [-0.39, 0.29) is 22.8 Å². The third-order valence-corrected chi connectivity index (χ3v) is 3.77. The normalized spacial score (nSPS) is 10.2. The van der Waals surface area contributed by atoms with Gasteiger partial charge in [-0.3, -0.25) is 10.1 Å². The van der Waals surface area contributed by atoms with Gasteiger partial charge in [0, 0.05) is 37.9 Å². The van der Waals surface area contributed by atoms with Crippen LogP contribution in [0, 0.1) is 10.1 Å². The molecule has 2 rings (SSSR count). The van der Waals surface area contributed by atoms with Crippen molar-refractivity contribution in [1.82, 2.24) is 0 Å². The summed E-state index contributed by atoms with van der Waals surface area (Å²) in [6.07, 6.45) is -0.236. The molecule has 0 unspecified atom stereocenters. The molecule has 0 atom stereocenters. The third-order valence-electron chi connectivity index (χ3n) is 3.24. The second-order valence-corrected chi connectivity index (χ2v) is 5.90. The van der Waals surface area contributed by atoms with Gasteiger partial charge >= 0.3 is 5.97 Å². The van der Waals surface area contributed by atoms with Crippen LogP contribution in [-0.2, 0) is 9.47 Å². The van der Waals surface area contributed by atoms with Crippen LogP contribution in [0.15, 0.2) is 36.4 Å². The minimum Gasteiger partial charge on any atom is -0.477 e. The lowest BCUT2D eigenvalue weighted by Gasteiger charge is -2.08. The summed E-state index contributed by atoms with van der Waals surface area (Å²) >= 11 is 11.7. The molecule has 0 fully saturated rings. The predicted octanol–water partition coefficient (Wildman–Crippen LogP) is 3.96. The molecule has 2 aromatic rings. The van der Waals surface area contributed by atoms with Crippen molar-refractivity contribution in [1.29, 1.82) is 0 Å². The van der Waals surface area contributed by atoms with E-state index in [0.29, 0.717) is 11.6 Å². The van der Waals surface area contributed by atoms with Gasteiger partial charge in [-0.2, -0.15) is 0 Å². The van der Waals surface area contributed by atoms with Crippen LogP contribution in [0.2, 0.25) is 10.0 Å². The minimum atomic E-state index is -1.42. The summed E-state index contributed by atoms with van der Waals surface area (Å²) in [5.74, 6) is -1.05. The maximum atomic E-state index is 11.0. The Hall–Kier alpha value is -2.43. The summed E-state index contributed by atoms with van der Waals surface area (Å²) < 4.78 is 14.8. The molecule has 3 N–H and O–H groups in total. The SMILES string of the molecule is COC(CN)OC.O=C(O)c1cc(Oc2ccc(Cl)cc2Cl)ccc1[N+](=O)[O-]. The van der Waals surface area contributed by atoms with E-state index in [1.165, 1.54) is 18.2 Å². The van der Waals surface area contributed by atoms with E-state index in [1.54, 1.807) is 20.3 Å². The van der Waals surface area contributed by atoms with Gasteiger partial charge in [0.1, 0.15) is 17.1 Å². The number of nitro benzene ring substituents is 1. The highest BCUT2D eigenvalue weighted by Gasteiger charge is 2.20. The van der Waals surface area contributed by atoms with Gasteiger partial charge < -0.3 is 25.1 Å². The number of ether oxygens (including phenoxy) is 3. The number of aromatic carboxylic acids is 1. The first kappa shape index (κ1) is 23.6. The number of hydrogen-bond acceptors (Lipinski definition) is 7. The molecule has 0 spiro atoms. The van der Waals surface area contributed by atoms with Gasteiger partial charge in [0.05, 0.1) is 9.95 Å². The minimum absolute atomic E-state index is 0.113. The lowest BCUT2D eigenvalue weighted by atomic mass is 10.1. The zero-order chi connectivity index (χ0) is 21.3. The molecule has 28 heavy (non-hydrogen) atoms. The van der Waals surface area contributed by atoms with Gasteiger partial charge in [-0.25, -0.2) is 4.79 Å². The maximum Gasteiger partial charge on any atom is 0.342 e. The summed E-state index contributed by atoms with van der Waals surface area (Å²) in [6, 6.07) is 7.92. The van der Waals surface area contributed by atoms with Gasteiger partial charge in [-0.1, -0.05) is 23.2 Å². The Morgan fingerprint density at radius 2 is 1.86 bits per heavy atom. The van der Waals surface area contributed by atoms with Crippen LogP contribution in [0.4, 0.5) is 5.69 Å². The Labute approximate surface area is 170 Å². The molecule has 0 aliphatic rings. The molecule has 0 bridgehead atoms. The Morgan fingerprint density at radius 3 is 2.29 bits per heavy atom. The van der Waals surface area contributed by atoms with Crippen molar-refractivity contribution in [3.05, 3.63) is 62.1 Å². The molecule has 0 aromatic heterocycles. The molecule has 152 valence electrons. The summed E-state index contributed by atoms with van der Waals surface area (Å²) in [5, 5.41) is 20.4. The van der Waals surface area contributed by atoms with Crippen LogP contribution in [0.1, 0.15) is 10.4 Å². The number of nitro groups is 1. The molecule has 0 aliphatic carbocycles. The van der Waals surface area contributed by atoms with E-state index in [1.807, 2.05) is 0 Å². The molecular weight excluding hydrogens is 415 g/mol. The fourth-order valence-corrected chi connectivity index (χ4v) is 2.33. The summed E-state index contributed by atoms with van der Waals surface area (Å²) in [6.45, 7) is 0.410. The molecule has 11 heteroatoms. The summed E-state index contributed by atoms with van der Waals surface area (Å²) in [5.41, 5.74) is 4.16. The lowest BCUT2D eigenvalue weighted by Crippen LogP contribution is -2.23. The molecule has 2 aromatic carbocycles. The Bertz CT molecular complexity index is 824. The average molecular weight is 433 g/mol. The van der Waals surface area contributed by atoms with E-state index in [9.17, 15) is 14.9 Å². The number of nitrogens with two attached hydrogens (primary N) is 1. The van der Waals surface area contributed by atoms with Crippen LogP contribution in [0.25, 0.3) is 0 Å². The number of rotatable bonds is 7. The highest BCUT2D eigenvalue weighted by Crippen LogP contribution is 2.33. The molecule has 0 saturated heterocycles. The number of benzene rings is 2. The van der Waals surface area contributed by atoms with Crippen molar-refractivity contribution in [2.45, 2.75) is 6.29 Å². The smallest absolute Gasteiger partial charge is 0.342 e.